The molecule has 1 heterocycles. The number of nitrogens with one attached hydrogen (secondary N) is 1. The lowest BCUT2D eigenvalue weighted by Crippen LogP contribution is -2.55. The summed E-state index contributed by atoms with van der Waals surface area (Å²) in [6.07, 6.45) is -0.0944. The van der Waals surface area contributed by atoms with E-state index in [-0.39, 0.29) is 18.1 Å². The minimum atomic E-state index is -0.266. The number of hydrogen-bond acceptors (Lipinski definition) is 3. The van der Waals surface area contributed by atoms with Gasteiger partial charge in [-0.05, 0) is 24.6 Å². The van der Waals surface area contributed by atoms with Crippen molar-refractivity contribution >= 4 is 17.5 Å². The number of amides is 1. The molecule has 2 atom stereocenters. The molecule has 1 aromatic carbocycles. The van der Waals surface area contributed by atoms with Crippen molar-refractivity contribution in [2.75, 3.05) is 20.2 Å². The van der Waals surface area contributed by atoms with Crippen LogP contribution in [0.15, 0.2) is 24.3 Å². The van der Waals surface area contributed by atoms with Crippen LogP contribution >= 0.6 is 11.6 Å². The van der Waals surface area contributed by atoms with E-state index in [9.17, 15) is 4.79 Å². The fourth-order valence-corrected chi connectivity index (χ4v) is 2.45. The number of hydrogen-bond donors (Lipinski definition) is 1. The second-order valence-electron chi connectivity index (χ2n) is 4.83. The van der Waals surface area contributed by atoms with Gasteiger partial charge in [0.1, 0.15) is 6.04 Å². The highest BCUT2D eigenvalue weighted by Gasteiger charge is 2.30. The number of carbonyl (C=O) groups excluding carboxylic acids is 1. The summed E-state index contributed by atoms with van der Waals surface area (Å²) in [6.45, 7) is 3.83. The van der Waals surface area contributed by atoms with Crippen LogP contribution in [-0.2, 0) is 16.1 Å². The summed E-state index contributed by atoms with van der Waals surface area (Å²) in [5.41, 5.74) is 1.02. The van der Waals surface area contributed by atoms with Crippen molar-refractivity contribution in [1.82, 2.24) is 10.2 Å². The number of rotatable bonds is 3. The van der Waals surface area contributed by atoms with E-state index in [2.05, 4.69) is 5.32 Å². The molecule has 1 aromatic rings. The van der Waals surface area contributed by atoms with Gasteiger partial charge in [0.05, 0.1) is 12.7 Å². The predicted molar refractivity (Wildman–Crippen MR) is 75.1 cm³/mol. The summed E-state index contributed by atoms with van der Waals surface area (Å²) in [7, 11) is 1.80. The molecule has 0 radical (unpaired) electrons. The molecule has 0 spiro atoms. The molecule has 1 amide bonds. The van der Waals surface area contributed by atoms with E-state index < -0.39 is 0 Å². The Morgan fingerprint density at radius 3 is 3.05 bits per heavy atom. The van der Waals surface area contributed by atoms with Crippen LogP contribution in [-0.4, -0.2) is 43.2 Å². The second kappa shape index (κ2) is 6.37. The Balaban J connectivity index is 1.99. The SMILES string of the molecule is C[C@H]1OCCN[C@@H]1C(=O)N(C)Cc1cccc(Cl)c1. The first kappa shape index (κ1) is 14.3. The highest BCUT2D eigenvalue weighted by molar-refractivity contribution is 6.30. The van der Waals surface area contributed by atoms with Gasteiger partial charge in [-0.15, -0.1) is 0 Å². The Morgan fingerprint density at radius 2 is 2.37 bits per heavy atom. The van der Waals surface area contributed by atoms with Crippen LogP contribution in [0.4, 0.5) is 0 Å². The standard InChI is InChI=1S/C14H19ClN2O2/c1-10-13(16-6-7-19-10)14(18)17(2)9-11-4-3-5-12(15)8-11/h3-5,8,10,13,16H,6-7,9H2,1-2H3/t10-,13+/m1/s1. The van der Waals surface area contributed by atoms with Crippen molar-refractivity contribution in [3.8, 4) is 0 Å². The van der Waals surface area contributed by atoms with Crippen LogP contribution in [0.1, 0.15) is 12.5 Å². The number of carbonyl (C=O) groups is 1. The minimum absolute atomic E-state index is 0.0483. The topological polar surface area (TPSA) is 41.6 Å². The molecule has 0 unspecified atom stereocenters. The first-order valence-electron chi connectivity index (χ1n) is 6.42. The minimum Gasteiger partial charge on any atom is -0.375 e. The Hall–Kier alpha value is -1.10. The number of benzene rings is 1. The van der Waals surface area contributed by atoms with E-state index in [1.165, 1.54) is 0 Å². The van der Waals surface area contributed by atoms with Crippen molar-refractivity contribution in [3.63, 3.8) is 0 Å². The molecule has 0 aromatic heterocycles. The van der Waals surface area contributed by atoms with Crippen LogP contribution in [0.5, 0.6) is 0 Å². The van der Waals surface area contributed by atoms with Crippen LogP contribution in [0.2, 0.25) is 5.02 Å². The van der Waals surface area contributed by atoms with Gasteiger partial charge >= 0.3 is 0 Å². The number of morpholine rings is 1. The smallest absolute Gasteiger partial charge is 0.242 e. The Labute approximate surface area is 118 Å². The zero-order valence-electron chi connectivity index (χ0n) is 11.2. The molecule has 104 valence electrons. The van der Waals surface area contributed by atoms with Gasteiger partial charge in [0.15, 0.2) is 0 Å². The zero-order chi connectivity index (χ0) is 13.8. The monoisotopic (exact) mass is 282 g/mol. The molecule has 0 aliphatic carbocycles. The van der Waals surface area contributed by atoms with Crippen molar-refractivity contribution < 1.29 is 9.53 Å². The largest absolute Gasteiger partial charge is 0.375 e. The maximum Gasteiger partial charge on any atom is 0.242 e. The third-order valence-electron chi connectivity index (χ3n) is 3.27. The van der Waals surface area contributed by atoms with Crippen molar-refractivity contribution in [2.45, 2.75) is 25.6 Å². The first-order valence-corrected chi connectivity index (χ1v) is 6.80. The average Bonchev–Trinajstić information content (AvgIpc) is 2.38. The molecule has 1 N–H and O–H groups in total. The second-order valence-corrected chi connectivity index (χ2v) is 5.27. The molecular weight excluding hydrogens is 264 g/mol. The molecule has 1 fully saturated rings. The molecule has 1 saturated heterocycles. The third-order valence-corrected chi connectivity index (χ3v) is 3.50. The van der Waals surface area contributed by atoms with Gasteiger partial charge in [-0.1, -0.05) is 23.7 Å². The molecule has 5 heteroatoms. The molecule has 2 rings (SSSR count). The van der Waals surface area contributed by atoms with Gasteiger partial charge < -0.3 is 15.0 Å². The fourth-order valence-electron chi connectivity index (χ4n) is 2.23. The van der Waals surface area contributed by atoms with E-state index >= 15 is 0 Å². The lowest BCUT2D eigenvalue weighted by atomic mass is 10.1. The Kier molecular flexibility index (Phi) is 4.80. The van der Waals surface area contributed by atoms with Crippen molar-refractivity contribution in [2.24, 2.45) is 0 Å². The van der Waals surface area contributed by atoms with E-state index in [0.717, 1.165) is 5.56 Å². The first-order chi connectivity index (χ1) is 9.08. The Bertz CT molecular complexity index is 453. The molecule has 4 nitrogen and oxygen atoms in total. The van der Waals surface area contributed by atoms with Gasteiger partial charge in [-0.25, -0.2) is 0 Å². The number of halogens is 1. The third kappa shape index (κ3) is 3.69. The van der Waals surface area contributed by atoms with Crippen molar-refractivity contribution in [1.29, 1.82) is 0 Å². The maximum atomic E-state index is 12.3. The van der Waals surface area contributed by atoms with Gasteiger partial charge in [0, 0.05) is 25.2 Å². The van der Waals surface area contributed by atoms with Gasteiger partial charge in [0.2, 0.25) is 5.91 Å². The van der Waals surface area contributed by atoms with Crippen LogP contribution in [0.25, 0.3) is 0 Å². The highest BCUT2D eigenvalue weighted by Crippen LogP contribution is 2.14. The number of likely N-dealkylation sites (N-methyl/N-ethyl adjacent to an activating group) is 1. The summed E-state index contributed by atoms with van der Waals surface area (Å²) >= 11 is 5.94. The van der Waals surface area contributed by atoms with Crippen LogP contribution < -0.4 is 5.32 Å². The molecule has 19 heavy (non-hydrogen) atoms. The number of nitrogens with zero attached hydrogens (tertiary/aromatic N) is 1. The zero-order valence-corrected chi connectivity index (χ0v) is 12.0. The molecular formula is C14H19ClN2O2. The van der Waals surface area contributed by atoms with E-state index in [1.807, 2.05) is 31.2 Å². The predicted octanol–water partition coefficient (Wildman–Crippen LogP) is 1.68. The van der Waals surface area contributed by atoms with Gasteiger partial charge in [-0.3, -0.25) is 4.79 Å². The van der Waals surface area contributed by atoms with Gasteiger partial charge in [-0.2, -0.15) is 0 Å². The van der Waals surface area contributed by atoms with E-state index in [4.69, 9.17) is 16.3 Å². The summed E-state index contributed by atoms with van der Waals surface area (Å²) in [5, 5.41) is 3.89. The van der Waals surface area contributed by atoms with Crippen LogP contribution in [0, 0.1) is 0 Å². The van der Waals surface area contributed by atoms with E-state index in [0.29, 0.717) is 24.7 Å². The molecule has 1 aliphatic heterocycles. The van der Waals surface area contributed by atoms with Gasteiger partial charge in [0.25, 0.3) is 0 Å². The summed E-state index contributed by atoms with van der Waals surface area (Å²) < 4.78 is 5.50. The summed E-state index contributed by atoms with van der Waals surface area (Å²) in [4.78, 5) is 14.1. The quantitative estimate of drug-likeness (QED) is 0.917. The number of ether oxygens (including phenoxy) is 1. The van der Waals surface area contributed by atoms with Crippen molar-refractivity contribution in [3.05, 3.63) is 34.9 Å². The summed E-state index contributed by atoms with van der Waals surface area (Å²) in [5.74, 6) is 0.0483. The summed E-state index contributed by atoms with van der Waals surface area (Å²) in [6, 6.07) is 7.29. The fraction of sp³-hybridized carbons (Fsp3) is 0.500. The highest BCUT2D eigenvalue weighted by atomic mass is 35.5. The lowest BCUT2D eigenvalue weighted by Gasteiger charge is -2.32. The maximum absolute atomic E-state index is 12.3. The molecule has 0 saturated carbocycles. The van der Waals surface area contributed by atoms with E-state index in [1.54, 1.807) is 11.9 Å². The molecule has 0 bridgehead atoms. The van der Waals surface area contributed by atoms with Crippen LogP contribution in [0.3, 0.4) is 0 Å². The normalized spacial score (nSPS) is 23.1. The molecule has 1 aliphatic rings. The average molecular weight is 283 g/mol. The Morgan fingerprint density at radius 1 is 1.58 bits per heavy atom. The lowest BCUT2D eigenvalue weighted by molar-refractivity contribution is -0.138.